The molecule has 0 bridgehead atoms. The zero-order chi connectivity index (χ0) is 16.2. The van der Waals surface area contributed by atoms with Gasteiger partial charge in [-0.25, -0.2) is 4.79 Å². The van der Waals surface area contributed by atoms with Gasteiger partial charge in [0.1, 0.15) is 5.75 Å². The SMILES string of the molecule is COC(=O)C(OCC1(CBr)COC1)c1cc(C)ccc1OC. The topological polar surface area (TPSA) is 54.0 Å². The molecule has 122 valence electrons. The highest BCUT2D eigenvalue weighted by molar-refractivity contribution is 9.09. The van der Waals surface area contributed by atoms with Crippen LogP contribution in [0.3, 0.4) is 0 Å². The van der Waals surface area contributed by atoms with E-state index in [-0.39, 0.29) is 5.41 Å². The van der Waals surface area contributed by atoms with Crippen molar-refractivity contribution >= 4 is 21.9 Å². The minimum Gasteiger partial charge on any atom is -0.496 e. The molecule has 1 heterocycles. The number of esters is 1. The molecule has 0 radical (unpaired) electrons. The summed E-state index contributed by atoms with van der Waals surface area (Å²) < 4.78 is 21.4. The number of carbonyl (C=O) groups excluding carboxylic acids is 1. The average molecular weight is 373 g/mol. The Morgan fingerprint density at radius 3 is 2.64 bits per heavy atom. The highest BCUT2D eigenvalue weighted by Gasteiger charge is 2.40. The van der Waals surface area contributed by atoms with E-state index in [1.165, 1.54) is 7.11 Å². The third-order valence-electron chi connectivity index (χ3n) is 3.74. The first-order valence-corrected chi connectivity index (χ1v) is 8.15. The van der Waals surface area contributed by atoms with Crippen LogP contribution in [0.4, 0.5) is 0 Å². The number of rotatable bonds is 7. The standard InChI is InChI=1S/C16H21BrO5/c1-11-4-5-13(19-2)12(6-11)14(15(18)20-3)22-10-16(7-17)8-21-9-16/h4-6,14H,7-10H2,1-3H3. The first kappa shape index (κ1) is 17.2. The lowest BCUT2D eigenvalue weighted by Crippen LogP contribution is -2.48. The van der Waals surface area contributed by atoms with E-state index in [0.29, 0.717) is 31.1 Å². The molecule has 22 heavy (non-hydrogen) atoms. The fraction of sp³-hybridized carbons (Fsp3) is 0.562. The molecule has 1 aromatic carbocycles. The van der Waals surface area contributed by atoms with E-state index in [9.17, 15) is 4.79 Å². The molecule has 0 amide bonds. The Hall–Kier alpha value is -1.11. The van der Waals surface area contributed by atoms with Gasteiger partial charge >= 0.3 is 5.97 Å². The first-order chi connectivity index (χ1) is 10.5. The Bertz CT molecular complexity index is 522. The molecule has 6 heteroatoms. The summed E-state index contributed by atoms with van der Waals surface area (Å²) in [5.41, 5.74) is 1.62. The normalized spacial score (nSPS) is 17.5. The van der Waals surface area contributed by atoms with Gasteiger partial charge in [-0.1, -0.05) is 27.6 Å². The largest absolute Gasteiger partial charge is 0.496 e. The van der Waals surface area contributed by atoms with Crippen molar-refractivity contribution in [3.05, 3.63) is 29.3 Å². The lowest BCUT2D eigenvalue weighted by Gasteiger charge is -2.40. The lowest BCUT2D eigenvalue weighted by molar-refractivity contribution is -0.171. The molecule has 0 aliphatic carbocycles. The molecule has 1 aliphatic heterocycles. The number of carbonyl (C=O) groups is 1. The summed E-state index contributed by atoms with van der Waals surface area (Å²) in [6.45, 7) is 3.61. The predicted molar refractivity (Wildman–Crippen MR) is 85.5 cm³/mol. The van der Waals surface area contributed by atoms with E-state index in [1.807, 2.05) is 25.1 Å². The van der Waals surface area contributed by atoms with Crippen LogP contribution in [0.2, 0.25) is 0 Å². The van der Waals surface area contributed by atoms with E-state index in [1.54, 1.807) is 7.11 Å². The quantitative estimate of drug-likeness (QED) is 0.543. The molecule has 1 saturated heterocycles. The Labute approximate surface area is 139 Å². The number of hydrogen-bond donors (Lipinski definition) is 0. The van der Waals surface area contributed by atoms with Crippen molar-refractivity contribution in [1.82, 2.24) is 0 Å². The van der Waals surface area contributed by atoms with E-state index in [4.69, 9.17) is 18.9 Å². The van der Waals surface area contributed by atoms with Gasteiger partial charge in [-0.15, -0.1) is 0 Å². The minimum atomic E-state index is -0.809. The first-order valence-electron chi connectivity index (χ1n) is 7.03. The molecule has 5 nitrogen and oxygen atoms in total. The molecular weight excluding hydrogens is 352 g/mol. The molecule has 1 aliphatic rings. The zero-order valence-corrected chi connectivity index (χ0v) is 14.6. The molecule has 0 N–H and O–H groups in total. The smallest absolute Gasteiger partial charge is 0.339 e. The zero-order valence-electron chi connectivity index (χ0n) is 13.1. The van der Waals surface area contributed by atoms with Gasteiger partial charge in [-0.2, -0.15) is 0 Å². The van der Waals surface area contributed by atoms with Crippen molar-refractivity contribution in [1.29, 1.82) is 0 Å². The van der Waals surface area contributed by atoms with Gasteiger partial charge in [0.2, 0.25) is 0 Å². The number of halogens is 1. The van der Waals surface area contributed by atoms with E-state index >= 15 is 0 Å². The maximum absolute atomic E-state index is 12.2. The maximum atomic E-state index is 12.2. The van der Waals surface area contributed by atoms with Gasteiger partial charge in [0.15, 0.2) is 6.10 Å². The van der Waals surface area contributed by atoms with E-state index < -0.39 is 12.1 Å². The second-order valence-corrected chi connectivity index (χ2v) is 6.15. The fourth-order valence-corrected chi connectivity index (χ4v) is 2.79. The summed E-state index contributed by atoms with van der Waals surface area (Å²) in [7, 11) is 2.93. The number of benzene rings is 1. The van der Waals surface area contributed by atoms with Gasteiger partial charge in [0.25, 0.3) is 0 Å². The summed E-state index contributed by atoms with van der Waals surface area (Å²) >= 11 is 3.48. The van der Waals surface area contributed by atoms with Crippen LogP contribution in [0.15, 0.2) is 18.2 Å². The minimum absolute atomic E-state index is 0.0800. The van der Waals surface area contributed by atoms with Crippen molar-refractivity contribution < 1.29 is 23.7 Å². The van der Waals surface area contributed by atoms with Crippen LogP contribution in [0, 0.1) is 12.3 Å². The second kappa shape index (κ2) is 7.44. The monoisotopic (exact) mass is 372 g/mol. The number of ether oxygens (including phenoxy) is 4. The number of alkyl halides is 1. The Kier molecular flexibility index (Phi) is 5.83. The second-order valence-electron chi connectivity index (χ2n) is 5.59. The van der Waals surface area contributed by atoms with Gasteiger partial charge in [0, 0.05) is 10.9 Å². The molecule has 1 fully saturated rings. The Morgan fingerprint density at radius 2 is 2.14 bits per heavy atom. The van der Waals surface area contributed by atoms with Gasteiger partial charge in [0.05, 0.1) is 39.5 Å². The summed E-state index contributed by atoms with van der Waals surface area (Å²) in [5, 5.41) is 0.763. The molecule has 0 aromatic heterocycles. The number of methoxy groups -OCH3 is 2. The lowest BCUT2D eigenvalue weighted by atomic mass is 9.90. The summed E-state index contributed by atoms with van der Waals surface area (Å²) in [6.07, 6.45) is -0.809. The van der Waals surface area contributed by atoms with Gasteiger partial charge < -0.3 is 18.9 Å². The van der Waals surface area contributed by atoms with Gasteiger partial charge in [-0.3, -0.25) is 0 Å². The van der Waals surface area contributed by atoms with Crippen molar-refractivity contribution in [2.45, 2.75) is 13.0 Å². The third-order valence-corrected chi connectivity index (χ3v) is 4.93. The van der Waals surface area contributed by atoms with Crippen molar-refractivity contribution in [3.63, 3.8) is 0 Å². The summed E-state index contributed by atoms with van der Waals surface area (Å²) in [5.74, 6) is 0.174. The summed E-state index contributed by atoms with van der Waals surface area (Å²) in [6, 6.07) is 5.64. The van der Waals surface area contributed by atoms with Crippen LogP contribution in [0.25, 0.3) is 0 Å². The van der Waals surface area contributed by atoms with Crippen molar-refractivity contribution in [2.75, 3.05) is 39.4 Å². The molecule has 1 aromatic rings. The summed E-state index contributed by atoms with van der Waals surface area (Å²) in [4.78, 5) is 12.2. The van der Waals surface area contributed by atoms with Crippen LogP contribution in [0.5, 0.6) is 5.75 Å². The highest BCUT2D eigenvalue weighted by atomic mass is 79.9. The molecule has 1 atom stereocenters. The fourth-order valence-electron chi connectivity index (χ4n) is 2.30. The Balaban J connectivity index is 2.23. The van der Waals surface area contributed by atoms with E-state index in [0.717, 1.165) is 10.9 Å². The molecule has 1 unspecified atom stereocenters. The number of aryl methyl sites for hydroxylation is 1. The highest BCUT2D eigenvalue weighted by Crippen LogP contribution is 2.35. The molecule has 0 spiro atoms. The van der Waals surface area contributed by atoms with Crippen LogP contribution < -0.4 is 4.74 Å². The van der Waals surface area contributed by atoms with Gasteiger partial charge in [-0.05, 0) is 19.1 Å². The van der Waals surface area contributed by atoms with Crippen molar-refractivity contribution in [2.24, 2.45) is 5.41 Å². The van der Waals surface area contributed by atoms with Crippen LogP contribution in [-0.2, 0) is 19.0 Å². The van der Waals surface area contributed by atoms with Crippen LogP contribution in [-0.4, -0.2) is 45.3 Å². The number of hydrogen-bond acceptors (Lipinski definition) is 5. The van der Waals surface area contributed by atoms with Crippen molar-refractivity contribution in [3.8, 4) is 5.75 Å². The molecule has 2 rings (SSSR count). The maximum Gasteiger partial charge on any atom is 0.339 e. The van der Waals surface area contributed by atoms with Crippen LogP contribution in [0.1, 0.15) is 17.2 Å². The molecule has 0 saturated carbocycles. The third kappa shape index (κ3) is 3.62. The average Bonchev–Trinajstić information content (AvgIpc) is 2.49. The van der Waals surface area contributed by atoms with E-state index in [2.05, 4.69) is 15.9 Å². The van der Waals surface area contributed by atoms with Crippen LogP contribution >= 0.6 is 15.9 Å². The predicted octanol–water partition coefficient (Wildman–Crippen LogP) is 2.65. The Morgan fingerprint density at radius 1 is 1.41 bits per heavy atom. The molecular formula is C16H21BrO5.